The van der Waals surface area contributed by atoms with Gasteiger partial charge in [-0.15, -0.1) is 67.6 Å². The minimum absolute atomic E-state index is 0. The number of carbonyl (C=O) groups is 2. The lowest BCUT2D eigenvalue weighted by Gasteiger charge is -2.03. The zero-order chi connectivity index (χ0) is 36.1. The quantitative estimate of drug-likeness (QED) is 0.0466. The number of carboxylic acid groups (broad SMARTS) is 1. The number of aliphatic carboxylic acids is 1. The van der Waals surface area contributed by atoms with Gasteiger partial charge in [0.15, 0.2) is 0 Å². The molecule has 5 aromatic rings. The van der Waals surface area contributed by atoms with E-state index in [-0.39, 0.29) is 41.6 Å². The maximum atomic E-state index is 10.9. The maximum Gasteiger partial charge on any atom is 0.318 e. The number of alkyl halides is 2. The summed E-state index contributed by atoms with van der Waals surface area (Å²) >= 11 is 24.5. The third-order valence-electron chi connectivity index (χ3n) is 5.03. The van der Waals surface area contributed by atoms with Crippen LogP contribution in [-0.4, -0.2) is 62.3 Å². The molecule has 0 aliphatic carbocycles. The molecule has 0 radical (unpaired) electrons. The molecule has 0 bridgehead atoms. The number of nitrogens with one attached hydrogen (secondary N) is 1. The second-order valence-corrected chi connectivity index (χ2v) is 12.2. The first kappa shape index (κ1) is 48.0. The molecule has 2 aromatic heterocycles. The molecule has 0 spiro atoms. The van der Waals surface area contributed by atoms with Gasteiger partial charge in [-0.3, -0.25) is 15.0 Å². The van der Waals surface area contributed by atoms with Crippen molar-refractivity contribution in [1.82, 2.24) is 30.7 Å². The fourth-order valence-corrected chi connectivity index (χ4v) is 3.90. The summed E-state index contributed by atoms with van der Waals surface area (Å²) in [5, 5.41) is 23.2. The molecule has 0 fully saturated rings. The SMILES string of the molecule is CN(C)Cc1nnc(-c2ccc(Br)cc2)o1.ClCc1nnc(-c2ccc(Br)cc2)o1.I.II.NNC(=O)c1ccc(Br)cc1.O=C(O)CCl. The van der Waals surface area contributed by atoms with E-state index in [4.69, 9.17) is 43.0 Å². The summed E-state index contributed by atoms with van der Waals surface area (Å²) in [6.45, 7) is 0.656. The van der Waals surface area contributed by atoms with Crippen molar-refractivity contribution in [1.29, 1.82) is 0 Å². The van der Waals surface area contributed by atoms with Crippen molar-refractivity contribution < 1.29 is 23.5 Å². The van der Waals surface area contributed by atoms with Crippen LogP contribution in [0.4, 0.5) is 0 Å². The maximum absolute atomic E-state index is 10.9. The van der Waals surface area contributed by atoms with Crippen molar-refractivity contribution in [3.05, 3.63) is 104 Å². The largest absolute Gasteiger partial charge is 0.480 e. The van der Waals surface area contributed by atoms with Gasteiger partial charge in [0.25, 0.3) is 5.91 Å². The Kier molecular flexibility index (Phi) is 27.1. The number of nitrogen functional groups attached to an aromatic ring is 1. The van der Waals surface area contributed by atoms with Gasteiger partial charge in [-0.1, -0.05) is 47.8 Å². The fourth-order valence-electron chi connectivity index (χ4n) is 3.00. The van der Waals surface area contributed by atoms with E-state index in [2.05, 4.69) is 105 Å². The van der Waals surface area contributed by atoms with Crippen LogP contribution in [0.2, 0.25) is 0 Å². The Hall–Kier alpha value is -0.990. The Morgan fingerprint density at radius 3 is 1.47 bits per heavy atom. The second kappa shape index (κ2) is 27.6. The van der Waals surface area contributed by atoms with Crippen LogP contribution in [0, 0.1) is 0 Å². The predicted octanol–water partition coefficient (Wildman–Crippen LogP) is 9.55. The molecule has 0 saturated heterocycles. The first-order valence-electron chi connectivity index (χ1n) is 13.0. The molecule has 49 heavy (non-hydrogen) atoms. The molecule has 12 nitrogen and oxygen atoms in total. The summed E-state index contributed by atoms with van der Waals surface area (Å²) in [6, 6.07) is 22.4. The van der Waals surface area contributed by atoms with Gasteiger partial charge >= 0.3 is 5.97 Å². The lowest BCUT2D eigenvalue weighted by atomic mass is 10.2. The third-order valence-corrected chi connectivity index (χ3v) is 7.08. The topological polar surface area (TPSA) is 173 Å². The van der Waals surface area contributed by atoms with Gasteiger partial charge in [0.05, 0.1) is 6.54 Å². The summed E-state index contributed by atoms with van der Waals surface area (Å²) in [7, 11) is 3.92. The molecule has 20 heteroatoms. The molecule has 0 saturated carbocycles. The standard InChI is InChI=1S/C11H12BrN3O.C9H6BrClN2O.C7H7BrN2O.C2H3ClO2.I2.HI/c1-15(2)7-10-13-14-11(16-10)8-3-5-9(12)6-4-8;10-7-3-1-6(2-4-7)9-13-12-8(5-11)14-9;8-6-3-1-5(2-4-6)7(11)10-9;3-1-2(4)5;1-2;/h3-6H,7H2,1-2H3;1-4H,5H2;1-4H,9H2,(H,10,11);1H2,(H,4,5);;1H. The second-order valence-electron chi connectivity index (χ2n) is 8.89. The number of aromatic nitrogens is 4. The summed E-state index contributed by atoms with van der Waals surface area (Å²) in [6.07, 6.45) is 0. The van der Waals surface area contributed by atoms with Gasteiger partial charge in [0.1, 0.15) is 11.8 Å². The van der Waals surface area contributed by atoms with E-state index < -0.39 is 5.97 Å². The van der Waals surface area contributed by atoms with Gasteiger partial charge in [0.2, 0.25) is 23.6 Å². The summed E-state index contributed by atoms with van der Waals surface area (Å²) < 4.78 is 13.8. The van der Waals surface area contributed by atoms with Crippen molar-refractivity contribution in [2.24, 2.45) is 5.84 Å². The molecule has 0 aliphatic heterocycles. The Morgan fingerprint density at radius 2 is 1.14 bits per heavy atom. The lowest BCUT2D eigenvalue weighted by molar-refractivity contribution is -0.134. The minimum Gasteiger partial charge on any atom is -0.480 e. The highest BCUT2D eigenvalue weighted by atomic mass is 128. The Morgan fingerprint density at radius 1 is 0.776 bits per heavy atom. The number of carboxylic acids is 1. The molecule has 3 aromatic carbocycles. The summed E-state index contributed by atoms with van der Waals surface area (Å²) in [4.78, 5) is 22.1. The number of amides is 1. The van der Waals surface area contributed by atoms with E-state index in [1.807, 2.05) is 73.0 Å². The number of hydrazine groups is 1. The number of benzene rings is 3. The van der Waals surface area contributed by atoms with Crippen LogP contribution in [0.3, 0.4) is 0 Å². The van der Waals surface area contributed by atoms with Crippen LogP contribution < -0.4 is 11.3 Å². The van der Waals surface area contributed by atoms with Crippen LogP contribution in [0.5, 0.6) is 0 Å². The molecule has 2 heterocycles. The molecule has 1 amide bonds. The van der Waals surface area contributed by atoms with Crippen molar-refractivity contribution in [2.45, 2.75) is 12.4 Å². The Balaban J connectivity index is 0.000000646. The smallest absolute Gasteiger partial charge is 0.318 e. The van der Waals surface area contributed by atoms with Crippen molar-refractivity contribution in [3.8, 4) is 22.9 Å². The molecule has 0 unspecified atom stereocenters. The van der Waals surface area contributed by atoms with E-state index in [9.17, 15) is 9.59 Å². The van der Waals surface area contributed by atoms with Gasteiger partial charge in [-0.25, -0.2) is 5.84 Å². The Labute approximate surface area is 358 Å². The summed E-state index contributed by atoms with van der Waals surface area (Å²) in [5.41, 5.74) is 4.42. The number of hydrogen-bond donors (Lipinski definition) is 3. The van der Waals surface area contributed by atoms with Crippen molar-refractivity contribution >= 4 is 144 Å². The molecule has 0 atom stereocenters. The van der Waals surface area contributed by atoms with Crippen LogP contribution in [0.1, 0.15) is 22.1 Å². The molecular formula is C29H29Br3Cl2I3N7O5. The highest BCUT2D eigenvalue weighted by Crippen LogP contribution is 2.22. The molecule has 0 aliphatic rings. The number of rotatable bonds is 7. The molecule has 4 N–H and O–H groups in total. The highest BCUT2D eigenvalue weighted by Gasteiger charge is 2.09. The van der Waals surface area contributed by atoms with E-state index in [1.54, 1.807) is 24.3 Å². The molecule has 266 valence electrons. The van der Waals surface area contributed by atoms with Gasteiger partial charge in [-0.2, -0.15) is 0 Å². The number of nitrogens with two attached hydrogens (primary N) is 1. The highest BCUT2D eigenvalue weighted by molar-refractivity contribution is 15.0. The van der Waals surface area contributed by atoms with Crippen molar-refractivity contribution in [3.63, 3.8) is 0 Å². The van der Waals surface area contributed by atoms with E-state index in [0.717, 1.165) is 24.5 Å². The third kappa shape index (κ3) is 20.0. The average Bonchev–Trinajstić information content (AvgIpc) is 3.77. The van der Waals surface area contributed by atoms with E-state index in [0.29, 0.717) is 35.7 Å². The van der Waals surface area contributed by atoms with E-state index >= 15 is 0 Å². The molecule has 5 rings (SSSR count). The molecular weight excluding hydrogens is 1220 g/mol. The lowest BCUT2D eigenvalue weighted by Crippen LogP contribution is -2.29. The monoisotopic (exact) mass is 1240 g/mol. The average molecular weight is 1250 g/mol. The van der Waals surface area contributed by atoms with Gasteiger partial charge in [-0.05, 0) is 86.9 Å². The van der Waals surface area contributed by atoms with Crippen LogP contribution in [0.25, 0.3) is 22.9 Å². The summed E-state index contributed by atoms with van der Waals surface area (Å²) in [5.74, 6) is 5.72. The van der Waals surface area contributed by atoms with Crippen molar-refractivity contribution in [2.75, 3.05) is 20.0 Å². The fraction of sp³-hybridized carbons (Fsp3) is 0.172. The van der Waals surface area contributed by atoms with Crippen LogP contribution in [-0.2, 0) is 17.2 Å². The number of hydrogen-bond acceptors (Lipinski definition) is 10. The zero-order valence-corrected chi connectivity index (χ0v) is 38.4. The Bertz CT molecular complexity index is 1650. The first-order valence-corrected chi connectivity index (χ1v) is 22.7. The van der Waals surface area contributed by atoms with Gasteiger partial charge < -0.3 is 18.8 Å². The predicted molar refractivity (Wildman–Crippen MR) is 229 cm³/mol. The normalized spacial score (nSPS) is 9.53. The number of halogens is 8. The van der Waals surface area contributed by atoms with Gasteiger partial charge in [0, 0.05) is 67.3 Å². The van der Waals surface area contributed by atoms with Crippen LogP contribution in [0.15, 0.2) is 95.0 Å². The van der Waals surface area contributed by atoms with E-state index in [1.165, 1.54) is 0 Å². The number of carbonyl (C=O) groups excluding carboxylic acids is 1. The zero-order valence-electron chi connectivity index (χ0n) is 25.5. The first-order chi connectivity index (χ1) is 22.9. The number of nitrogens with zero attached hydrogens (tertiary/aromatic N) is 5. The van der Waals surface area contributed by atoms with Crippen LogP contribution >= 0.6 is 132 Å². The minimum atomic E-state index is -0.980.